The van der Waals surface area contributed by atoms with Crippen molar-refractivity contribution in [3.8, 4) is 0 Å². The molecule has 0 amide bonds. The molecule has 1 saturated heterocycles. The van der Waals surface area contributed by atoms with E-state index in [9.17, 15) is 22.7 Å². The van der Waals surface area contributed by atoms with E-state index in [4.69, 9.17) is 5.11 Å². The maximum atomic E-state index is 13.2. The predicted molar refractivity (Wildman–Crippen MR) is 62.7 cm³/mol. The SMILES string of the molecule is O=C(O)c1ccc(F)cc1S(=O)(=O)N1CC[C@@H](O)C1. The number of halogens is 1. The Labute approximate surface area is 109 Å². The van der Waals surface area contributed by atoms with Gasteiger partial charge in [0.25, 0.3) is 0 Å². The number of carbonyl (C=O) groups is 1. The number of carboxylic acids is 1. The molecule has 2 N–H and O–H groups in total. The van der Waals surface area contributed by atoms with Gasteiger partial charge in [0.2, 0.25) is 10.0 Å². The largest absolute Gasteiger partial charge is 0.478 e. The number of hydrogen-bond acceptors (Lipinski definition) is 4. The minimum atomic E-state index is -4.12. The van der Waals surface area contributed by atoms with Crippen molar-refractivity contribution in [1.29, 1.82) is 0 Å². The lowest BCUT2D eigenvalue weighted by molar-refractivity contribution is 0.0692. The minimum absolute atomic E-state index is 0.0824. The molecule has 0 aromatic heterocycles. The molecule has 1 aromatic rings. The molecule has 1 aliphatic rings. The molecule has 0 bridgehead atoms. The molecule has 0 aliphatic carbocycles. The van der Waals surface area contributed by atoms with Crippen LogP contribution in [-0.4, -0.2) is 48.1 Å². The Bertz CT molecular complexity index is 616. The van der Waals surface area contributed by atoms with Gasteiger partial charge in [-0.15, -0.1) is 0 Å². The quantitative estimate of drug-likeness (QED) is 0.833. The van der Waals surface area contributed by atoms with Crippen molar-refractivity contribution >= 4 is 16.0 Å². The molecule has 1 fully saturated rings. The zero-order chi connectivity index (χ0) is 14.2. The number of β-amino-alcohol motifs (C(OH)–C–C–N with tert-alkyl or cyclic N) is 1. The number of aromatic carboxylic acids is 1. The van der Waals surface area contributed by atoms with E-state index >= 15 is 0 Å². The Balaban J connectivity index is 2.51. The monoisotopic (exact) mass is 289 g/mol. The van der Waals surface area contributed by atoms with Crippen LogP contribution >= 0.6 is 0 Å². The number of carboxylic acid groups (broad SMARTS) is 1. The van der Waals surface area contributed by atoms with Crippen molar-refractivity contribution in [3.63, 3.8) is 0 Å². The first-order valence-corrected chi connectivity index (χ1v) is 6.97. The fraction of sp³-hybridized carbons (Fsp3) is 0.364. The second-order valence-corrected chi connectivity index (χ2v) is 6.16. The Morgan fingerprint density at radius 2 is 2.11 bits per heavy atom. The van der Waals surface area contributed by atoms with Gasteiger partial charge in [0, 0.05) is 13.1 Å². The summed E-state index contributed by atoms with van der Waals surface area (Å²) in [7, 11) is -4.12. The Morgan fingerprint density at radius 1 is 1.42 bits per heavy atom. The summed E-state index contributed by atoms with van der Waals surface area (Å²) in [5, 5.41) is 18.3. The number of benzene rings is 1. The van der Waals surface area contributed by atoms with E-state index in [0.717, 1.165) is 16.4 Å². The Hall–Kier alpha value is -1.51. The van der Waals surface area contributed by atoms with E-state index in [-0.39, 0.29) is 19.5 Å². The lowest BCUT2D eigenvalue weighted by Crippen LogP contribution is -2.31. The molecule has 0 spiro atoms. The lowest BCUT2D eigenvalue weighted by Gasteiger charge is -2.17. The minimum Gasteiger partial charge on any atom is -0.478 e. The molecule has 1 atom stereocenters. The van der Waals surface area contributed by atoms with Crippen molar-refractivity contribution in [2.45, 2.75) is 17.4 Å². The maximum absolute atomic E-state index is 13.2. The highest BCUT2D eigenvalue weighted by atomic mass is 32.2. The summed E-state index contributed by atoms with van der Waals surface area (Å²) in [6.07, 6.45) is -0.506. The summed E-state index contributed by atoms with van der Waals surface area (Å²) in [6.45, 7) is -0.0308. The summed E-state index contributed by atoms with van der Waals surface area (Å²) in [4.78, 5) is 10.4. The van der Waals surface area contributed by atoms with Gasteiger partial charge in [0.1, 0.15) is 5.82 Å². The molecule has 104 valence electrons. The zero-order valence-electron chi connectivity index (χ0n) is 9.78. The summed E-state index contributed by atoms with van der Waals surface area (Å²) in [6, 6.07) is 2.49. The molecule has 8 heteroatoms. The van der Waals surface area contributed by atoms with Crippen molar-refractivity contribution in [3.05, 3.63) is 29.6 Å². The molecular formula is C11H12FNO5S. The fourth-order valence-electron chi connectivity index (χ4n) is 1.95. The van der Waals surface area contributed by atoms with Gasteiger partial charge >= 0.3 is 5.97 Å². The van der Waals surface area contributed by atoms with Gasteiger partial charge in [-0.05, 0) is 24.6 Å². The number of nitrogens with zero attached hydrogens (tertiary/aromatic N) is 1. The van der Waals surface area contributed by atoms with E-state index in [0.29, 0.717) is 6.07 Å². The second-order valence-electron chi connectivity index (χ2n) is 4.25. The molecule has 1 aromatic carbocycles. The molecule has 0 saturated carbocycles. The first-order valence-electron chi connectivity index (χ1n) is 5.53. The van der Waals surface area contributed by atoms with Crippen LogP contribution in [0.5, 0.6) is 0 Å². The van der Waals surface area contributed by atoms with Gasteiger partial charge in [0.05, 0.1) is 16.6 Å². The van der Waals surface area contributed by atoms with Crippen molar-refractivity contribution in [2.75, 3.05) is 13.1 Å². The smallest absolute Gasteiger partial charge is 0.337 e. The van der Waals surface area contributed by atoms with Gasteiger partial charge < -0.3 is 10.2 Å². The molecule has 0 radical (unpaired) electrons. The zero-order valence-corrected chi connectivity index (χ0v) is 10.6. The van der Waals surface area contributed by atoms with E-state index in [1.165, 1.54) is 0 Å². The third-order valence-corrected chi connectivity index (χ3v) is 4.82. The number of hydrogen-bond donors (Lipinski definition) is 2. The van der Waals surface area contributed by atoms with Gasteiger partial charge in [-0.3, -0.25) is 0 Å². The molecule has 2 rings (SSSR count). The molecule has 6 nitrogen and oxygen atoms in total. The van der Waals surface area contributed by atoms with E-state index < -0.39 is 38.4 Å². The lowest BCUT2D eigenvalue weighted by atomic mass is 10.2. The standard InChI is InChI=1S/C11H12FNO5S/c12-7-1-2-9(11(15)16)10(5-7)19(17,18)13-4-3-8(14)6-13/h1-2,5,8,14H,3-4,6H2,(H,15,16)/t8-/m1/s1. The van der Waals surface area contributed by atoms with Crippen LogP contribution in [0, 0.1) is 5.82 Å². The fourth-order valence-corrected chi connectivity index (χ4v) is 3.64. The molecule has 1 heterocycles. The van der Waals surface area contributed by atoms with Crippen LogP contribution in [0.2, 0.25) is 0 Å². The van der Waals surface area contributed by atoms with Crippen LogP contribution in [0.15, 0.2) is 23.1 Å². The van der Waals surface area contributed by atoms with Crippen LogP contribution < -0.4 is 0 Å². The van der Waals surface area contributed by atoms with Crippen LogP contribution in [0.3, 0.4) is 0 Å². The number of aliphatic hydroxyl groups excluding tert-OH is 1. The van der Waals surface area contributed by atoms with Crippen LogP contribution in [-0.2, 0) is 10.0 Å². The van der Waals surface area contributed by atoms with Gasteiger partial charge in [-0.2, -0.15) is 4.31 Å². The Morgan fingerprint density at radius 3 is 2.63 bits per heavy atom. The molecule has 0 unspecified atom stereocenters. The highest BCUT2D eigenvalue weighted by Crippen LogP contribution is 2.25. The van der Waals surface area contributed by atoms with E-state index in [1.54, 1.807) is 0 Å². The van der Waals surface area contributed by atoms with E-state index in [2.05, 4.69) is 0 Å². The van der Waals surface area contributed by atoms with Gasteiger partial charge in [-0.25, -0.2) is 17.6 Å². The second kappa shape index (κ2) is 4.87. The molecular weight excluding hydrogens is 277 g/mol. The van der Waals surface area contributed by atoms with Gasteiger partial charge in [-0.1, -0.05) is 0 Å². The first-order chi connectivity index (χ1) is 8.82. The van der Waals surface area contributed by atoms with Crippen LogP contribution in [0.25, 0.3) is 0 Å². The van der Waals surface area contributed by atoms with Crippen molar-refractivity contribution in [1.82, 2.24) is 4.31 Å². The molecule has 1 aliphatic heterocycles. The third kappa shape index (κ3) is 2.60. The van der Waals surface area contributed by atoms with Crippen molar-refractivity contribution < 1.29 is 27.8 Å². The normalized spacial score (nSPS) is 20.6. The maximum Gasteiger partial charge on any atom is 0.337 e. The van der Waals surface area contributed by atoms with Gasteiger partial charge in [0.15, 0.2) is 0 Å². The predicted octanol–water partition coefficient (Wildman–Crippen LogP) is 0.279. The number of rotatable bonds is 3. The average molecular weight is 289 g/mol. The summed E-state index contributed by atoms with van der Waals surface area (Å²) in [5.74, 6) is -2.28. The van der Waals surface area contributed by atoms with Crippen molar-refractivity contribution in [2.24, 2.45) is 0 Å². The summed E-state index contributed by atoms with van der Waals surface area (Å²) in [5.41, 5.74) is -0.484. The third-order valence-electron chi connectivity index (χ3n) is 2.92. The van der Waals surface area contributed by atoms with E-state index in [1.807, 2.05) is 0 Å². The average Bonchev–Trinajstić information content (AvgIpc) is 2.76. The highest BCUT2D eigenvalue weighted by Gasteiger charge is 2.34. The summed E-state index contributed by atoms with van der Waals surface area (Å²) >= 11 is 0. The Kier molecular flexibility index (Phi) is 3.57. The van der Waals surface area contributed by atoms with Crippen LogP contribution in [0.1, 0.15) is 16.8 Å². The summed E-state index contributed by atoms with van der Waals surface area (Å²) < 4.78 is 38.6. The number of sulfonamides is 1. The highest BCUT2D eigenvalue weighted by molar-refractivity contribution is 7.89. The molecule has 19 heavy (non-hydrogen) atoms. The van der Waals surface area contributed by atoms with Crippen LogP contribution in [0.4, 0.5) is 4.39 Å². The first kappa shape index (κ1) is 13.9. The topological polar surface area (TPSA) is 94.9 Å². The number of aliphatic hydroxyl groups is 1.